The van der Waals surface area contributed by atoms with Crippen molar-refractivity contribution in [1.82, 2.24) is 5.32 Å². The number of amides is 1. The standard InChI is InChI=1S/C10H20ClNO/c1-5-8(7-11)12-9(13)6-10(2,3)4/h8H,5-7H2,1-4H3,(H,12,13). The van der Waals surface area contributed by atoms with Gasteiger partial charge in [0.1, 0.15) is 0 Å². The van der Waals surface area contributed by atoms with E-state index < -0.39 is 0 Å². The minimum absolute atomic E-state index is 0.0503. The second kappa shape index (κ2) is 5.48. The van der Waals surface area contributed by atoms with Gasteiger partial charge in [-0.3, -0.25) is 4.79 Å². The zero-order valence-corrected chi connectivity index (χ0v) is 9.74. The van der Waals surface area contributed by atoms with Gasteiger partial charge in [0.25, 0.3) is 0 Å². The molecule has 0 saturated carbocycles. The predicted octanol–water partition coefficient (Wildman–Crippen LogP) is 2.56. The summed E-state index contributed by atoms with van der Waals surface area (Å²) in [6.07, 6.45) is 1.44. The van der Waals surface area contributed by atoms with Crippen molar-refractivity contribution in [3.63, 3.8) is 0 Å². The van der Waals surface area contributed by atoms with Gasteiger partial charge in [-0.15, -0.1) is 11.6 Å². The molecule has 0 fully saturated rings. The van der Waals surface area contributed by atoms with Crippen LogP contribution in [-0.2, 0) is 4.79 Å². The van der Waals surface area contributed by atoms with Crippen LogP contribution in [0.3, 0.4) is 0 Å². The zero-order valence-electron chi connectivity index (χ0n) is 8.98. The zero-order chi connectivity index (χ0) is 10.5. The Bertz CT molecular complexity index is 159. The first-order valence-corrected chi connectivity index (χ1v) is 5.28. The van der Waals surface area contributed by atoms with Gasteiger partial charge >= 0.3 is 0 Å². The first-order chi connectivity index (χ1) is 5.89. The molecule has 0 radical (unpaired) electrons. The first-order valence-electron chi connectivity index (χ1n) is 4.74. The van der Waals surface area contributed by atoms with Gasteiger partial charge in [-0.1, -0.05) is 27.7 Å². The molecule has 1 unspecified atom stereocenters. The van der Waals surface area contributed by atoms with Gasteiger partial charge < -0.3 is 5.32 Å². The molecule has 13 heavy (non-hydrogen) atoms. The second-order valence-corrected chi connectivity index (χ2v) is 4.87. The molecule has 1 amide bonds. The van der Waals surface area contributed by atoms with Gasteiger partial charge in [0.05, 0.1) is 0 Å². The van der Waals surface area contributed by atoms with E-state index in [0.717, 1.165) is 6.42 Å². The molecule has 2 nitrogen and oxygen atoms in total. The molecule has 0 spiro atoms. The van der Waals surface area contributed by atoms with Crippen molar-refractivity contribution in [1.29, 1.82) is 0 Å². The number of halogens is 1. The fraction of sp³-hybridized carbons (Fsp3) is 0.900. The quantitative estimate of drug-likeness (QED) is 0.703. The maximum Gasteiger partial charge on any atom is 0.220 e. The molecular weight excluding hydrogens is 186 g/mol. The summed E-state index contributed by atoms with van der Waals surface area (Å²) in [7, 11) is 0. The molecule has 1 N–H and O–H groups in total. The SMILES string of the molecule is CCC(CCl)NC(=O)CC(C)(C)C. The number of rotatable bonds is 4. The number of carbonyl (C=O) groups excluding carboxylic acids is 1. The molecular formula is C10H20ClNO. The number of hydrogen-bond donors (Lipinski definition) is 1. The summed E-state index contributed by atoms with van der Waals surface area (Å²) in [6.45, 7) is 8.17. The van der Waals surface area contributed by atoms with Crippen molar-refractivity contribution < 1.29 is 4.79 Å². The summed E-state index contributed by atoms with van der Waals surface area (Å²) < 4.78 is 0. The minimum atomic E-state index is 0.0503. The van der Waals surface area contributed by atoms with Crippen LogP contribution in [-0.4, -0.2) is 17.8 Å². The Morgan fingerprint density at radius 3 is 2.31 bits per heavy atom. The minimum Gasteiger partial charge on any atom is -0.352 e. The van der Waals surface area contributed by atoms with E-state index in [1.807, 2.05) is 27.7 Å². The second-order valence-electron chi connectivity index (χ2n) is 4.56. The lowest BCUT2D eigenvalue weighted by Gasteiger charge is -2.20. The van der Waals surface area contributed by atoms with Crippen molar-refractivity contribution in [3.8, 4) is 0 Å². The van der Waals surface area contributed by atoms with E-state index in [1.165, 1.54) is 0 Å². The van der Waals surface area contributed by atoms with Crippen molar-refractivity contribution in [3.05, 3.63) is 0 Å². The lowest BCUT2D eigenvalue weighted by molar-refractivity contribution is -0.123. The van der Waals surface area contributed by atoms with Gasteiger partial charge in [-0.05, 0) is 11.8 Å². The molecule has 0 heterocycles. The van der Waals surface area contributed by atoms with Crippen LogP contribution >= 0.6 is 11.6 Å². The normalized spacial score (nSPS) is 13.9. The van der Waals surface area contributed by atoms with Crippen LogP contribution < -0.4 is 5.32 Å². The highest BCUT2D eigenvalue weighted by molar-refractivity contribution is 6.18. The Morgan fingerprint density at radius 2 is 2.00 bits per heavy atom. The Labute approximate surface area is 86.0 Å². The predicted molar refractivity (Wildman–Crippen MR) is 57.0 cm³/mol. The molecule has 0 aliphatic heterocycles. The average molecular weight is 206 g/mol. The van der Waals surface area contributed by atoms with Crippen molar-refractivity contribution >= 4 is 17.5 Å². The van der Waals surface area contributed by atoms with Crippen LogP contribution in [0.4, 0.5) is 0 Å². The highest BCUT2D eigenvalue weighted by Crippen LogP contribution is 2.18. The molecule has 0 aliphatic rings. The number of hydrogen-bond acceptors (Lipinski definition) is 1. The molecule has 1 atom stereocenters. The lowest BCUT2D eigenvalue weighted by Crippen LogP contribution is -2.37. The molecule has 0 rings (SSSR count). The van der Waals surface area contributed by atoms with E-state index >= 15 is 0 Å². The van der Waals surface area contributed by atoms with Gasteiger partial charge in [0.2, 0.25) is 5.91 Å². The fourth-order valence-corrected chi connectivity index (χ4v) is 1.31. The third-order valence-corrected chi connectivity index (χ3v) is 2.11. The molecule has 0 aromatic carbocycles. The first kappa shape index (κ1) is 12.8. The molecule has 0 saturated heterocycles. The number of carbonyl (C=O) groups is 1. The molecule has 3 heteroatoms. The van der Waals surface area contributed by atoms with Crippen LogP contribution in [0.5, 0.6) is 0 Å². The van der Waals surface area contributed by atoms with E-state index in [9.17, 15) is 4.79 Å². The van der Waals surface area contributed by atoms with Gasteiger partial charge in [-0.2, -0.15) is 0 Å². The van der Waals surface area contributed by atoms with E-state index in [2.05, 4.69) is 5.32 Å². The maximum absolute atomic E-state index is 11.4. The monoisotopic (exact) mass is 205 g/mol. The van der Waals surface area contributed by atoms with E-state index in [-0.39, 0.29) is 17.4 Å². The van der Waals surface area contributed by atoms with Crippen LogP contribution in [0, 0.1) is 5.41 Å². The Balaban J connectivity index is 3.86. The third-order valence-electron chi connectivity index (χ3n) is 1.74. The van der Waals surface area contributed by atoms with Gasteiger partial charge in [0, 0.05) is 18.3 Å². The highest BCUT2D eigenvalue weighted by atomic mass is 35.5. The summed E-state index contributed by atoms with van der Waals surface area (Å²) >= 11 is 5.67. The van der Waals surface area contributed by atoms with E-state index in [1.54, 1.807) is 0 Å². The fourth-order valence-electron chi connectivity index (χ4n) is 1.01. The van der Waals surface area contributed by atoms with Crippen molar-refractivity contribution in [2.24, 2.45) is 5.41 Å². The van der Waals surface area contributed by atoms with Crippen molar-refractivity contribution in [2.75, 3.05) is 5.88 Å². The summed E-state index contributed by atoms with van der Waals surface area (Å²) in [6, 6.07) is 0.122. The largest absolute Gasteiger partial charge is 0.352 e. The van der Waals surface area contributed by atoms with Crippen LogP contribution in [0.2, 0.25) is 0 Å². The third kappa shape index (κ3) is 6.88. The van der Waals surface area contributed by atoms with E-state index in [4.69, 9.17) is 11.6 Å². The van der Waals surface area contributed by atoms with Gasteiger partial charge in [-0.25, -0.2) is 0 Å². The highest BCUT2D eigenvalue weighted by Gasteiger charge is 2.17. The van der Waals surface area contributed by atoms with Gasteiger partial charge in [0.15, 0.2) is 0 Å². The summed E-state index contributed by atoms with van der Waals surface area (Å²) in [4.78, 5) is 11.4. The van der Waals surface area contributed by atoms with Crippen LogP contribution in [0.25, 0.3) is 0 Å². The van der Waals surface area contributed by atoms with Crippen LogP contribution in [0.15, 0.2) is 0 Å². The Kier molecular flexibility index (Phi) is 5.38. The summed E-state index contributed by atoms with van der Waals surface area (Å²) in [5.74, 6) is 0.590. The van der Waals surface area contributed by atoms with Crippen molar-refractivity contribution in [2.45, 2.75) is 46.6 Å². The molecule has 78 valence electrons. The van der Waals surface area contributed by atoms with E-state index in [0.29, 0.717) is 12.3 Å². The maximum atomic E-state index is 11.4. The summed E-state index contributed by atoms with van der Waals surface area (Å²) in [5, 5.41) is 2.90. The summed E-state index contributed by atoms with van der Waals surface area (Å²) in [5.41, 5.74) is 0.0503. The lowest BCUT2D eigenvalue weighted by atomic mass is 9.92. The molecule has 0 aliphatic carbocycles. The van der Waals surface area contributed by atoms with Crippen LogP contribution in [0.1, 0.15) is 40.5 Å². The average Bonchev–Trinajstić information content (AvgIpc) is 1.96. The topological polar surface area (TPSA) is 29.1 Å². The Morgan fingerprint density at radius 1 is 1.46 bits per heavy atom. The smallest absolute Gasteiger partial charge is 0.220 e. The Hall–Kier alpha value is -0.240. The molecule has 0 bridgehead atoms. The number of alkyl halides is 1. The molecule has 0 aromatic rings. The number of nitrogens with one attached hydrogen (secondary N) is 1. The molecule has 0 aromatic heterocycles.